The number of aryl methyl sites for hydroxylation is 1. The summed E-state index contributed by atoms with van der Waals surface area (Å²) in [5.74, 6) is 2.30. The minimum Gasteiger partial charge on any atom is -0.373 e. The molecule has 1 aliphatic rings. The average Bonchev–Trinajstić information content (AvgIpc) is 2.94. The molecule has 1 fully saturated rings. The van der Waals surface area contributed by atoms with E-state index in [1.54, 1.807) is 19.0 Å². The lowest BCUT2D eigenvalue weighted by molar-refractivity contribution is 0.0827. The number of nitrogens with one attached hydrogen (secondary N) is 1. The molecule has 1 aliphatic heterocycles. The molecule has 40 heavy (non-hydrogen) atoms. The van der Waals surface area contributed by atoms with E-state index in [0.29, 0.717) is 5.92 Å². The van der Waals surface area contributed by atoms with Gasteiger partial charge in [0.25, 0.3) is 5.91 Å². The van der Waals surface area contributed by atoms with Crippen LogP contribution in [0.4, 0.5) is 5.82 Å². The molecule has 0 aliphatic carbocycles. The van der Waals surface area contributed by atoms with E-state index < -0.39 is 0 Å². The summed E-state index contributed by atoms with van der Waals surface area (Å²) in [5, 5.41) is 3.08. The zero-order chi connectivity index (χ0) is 29.2. The lowest BCUT2D eigenvalue weighted by Gasteiger charge is -2.32. The SMILES string of the molecule is CC(C)C.CNc1ccc(-c2ccnc(C)c2/C=C(\C)CN2CCC(c3ccc(C(=O)N(C)C)cc3)CC2)cn1. The summed E-state index contributed by atoms with van der Waals surface area (Å²) in [5.41, 5.74) is 7.86. The molecule has 0 atom stereocenters. The van der Waals surface area contributed by atoms with Crippen molar-refractivity contribution in [2.24, 2.45) is 5.92 Å². The van der Waals surface area contributed by atoms with Crippen LogP contribution >= 0.6 is 0 Å². The van der Waals surface area contributed by atoms with Gasteiger partial charge in [0.2, 0.25) is 0 Å². The van der Waals surface area contributed by atoms with Gasteiger partial charge in [0.15, 0.2) is 0 Å². The van der Waals surface area contributed by atoms with Gasteiger partial charge in [-0.1, -0.05) is 44.6 Å². The smallest absolute Gasteiger partial charge is 0.253 e. The number of rotatable bonds is 7. The number of hydrogen-bond donors (Lipinski definition) is 1. The van der Waals surface area contributed by atoms with Gasteiger partial charge in [-0.25, -0.2) is 4.98 Å². The maximum Gasteiger partial charge on any atom is 0.253 e. The second kappa shape index (κ2) is 14.8. The van der Waals surface area contributed by atoms with E-state index in [1.165, 1.54) is 11.1 Å². The molecule has 0 saturated carbocycles. The van der Waals surface area contributed by atoms with E-state index >= 15 is 0 Å². The highest BCUT2D eigenvalue weighted by atomic mass is 16.2. The van der Waals surface area contributed by atoms with E-state index in [0.717, 1.165) is 72.2 Å². The lowest BCUT2D eigenvalue weighted by Crippen LogP contribution is -2.34. The van der Waals surface area contributed by atoms with Crippen LogP contribution in [0.15, 0.2) is 60.4 Å². The number of anilines is 1. The number of carbonyl (C=O) groups is 1. The Morgan fingerprint density at radius 2 is 1.70 bits per heavy atom. The topological polar surface area (TPSA) is 61.4 Å². The Bertz CT molecular complexity index is 1250. The molecule has 1 saturated heterocycles. The van der Waals surface area contributed by atoms with E-state index in [1.807, 2.05) is 37.6 Å². The molecular formula is C34H47N5O. The van der Waals surface area contributed by atoms with Gasteiger partial charge in [-0.2, -0.15) is 0 Å². The summed E-state index contributed by atoms with van der Waals surface area (Å²) in [7, 11) is 5.46. The van der Waals surface area contributed by atoms with Crippen LogP contribution in [0.2, 0.25) is 0 Å². The van der Waals surface area contributed by atoms with E-state index in [9.17, 15) is 4.79 Å². The highest BCUT2D eigenvalue weighted by molar-refractivity contribution is 5.93. The van der Waals surface area contributed by atoms with Gasteiger partial charge < -0.3 is 10.2 Å². The van der Waals surface area contributed by atoms with Crippen molar-refractivity contribution in [3.8, 4) is 11.1 Å². The Balaban J connectivity index is 0.00000103. The number of amides is 1. The Morgan fingerprint density at radius 1 is 1.05 bits per heavy atom. The number of hydrogen-bond acceptors (Lipinski definition) is 5. The number of benzene rings is 1. The molecule has 214 valence electrons. The van der Waals surface area contributed by atoms with Crippen LogP contribution in [-0.4, -0.2) is 66.5 Å². The lowest BCUT2D eigenvalue weighted by atomic mass is 9.88. The molecule has 2 aromatic heterocycles. The molecule has 0 unspecified atom stereocenters. The first kappa shape index (κ1) is 31.0. The molecule has 4 rings (SSSR count). The van der Waals surface area contributed by atoms with Crippen LogP contribution < -0.4 is 5.32 Å². The predicted molar refractivity (Wildman–Crippen MR) is 169 cm³/mol. The number of nitrogens with zero attached hydrogens (tertiary/aromatic N) is 4. The molecule has 1 aromatic carbocycles. The van der Waals surface area contributed by atoms with Crippen LogP contribution in [0.25, 0.3) is 17.2 Å². The second-order valence-electron chi connectivity index (χ2n) is 11.6. The van der Waals surface area contributed by atoms with E-state index in [2.05, 4.69) is 85.1 Å². The fraction of sp³-hybridized carbons (Fsp3) is 0.441. The van der Waals surface area contributed by atoms with Crippen molar-refractivity contribution in [1.29, 1.82) is 0 Å². The molecule has 3 heterocycles. The summed E-state index contributed by atoms with van der Waals surface area (Å²) in [6.07, 6.45) is 8.35. The van der Waals surface area contributed by atoms with Crippen molar-refractivity contribution >= 4 is 17.8 Å². The van der Waals surface area contributed by atoms with Gasteiger partial charge in [-0.05, 0) is 93.1 Å². The van der Waals surface area contributed by atoms with Gasteiger partial charge in [0.1, 0.15) is 5.82 Å². The van der Waals surface area contributed by atoms with Crippen LogP contribution in [0, 0.1) is 12.8 Å². The average molecular weight is 542 g/mol. The fourth-order valence-electron chi connectivity index (χ4n) is 4.94. The maximum absolute atomic E-state index is 12.2. The molecule has 0 spiro atoms. The first-order chi connectivity index (χ1) is 19.1. The van der Waals surface area contributed by atoms with Crippen LogP contribution in [0.5, 0.6) is 0 Å². The van der Waals surface area contributed by atoms with Gasteiger partial charge in [0, 0.05) is 62.5 Å². The minimum atomic E-state index is 0.0527. The summed E-state index contributed by atoms with van der Waals surface area (Å²) in [4.78, 5) is 25.4. The standard InChI is InChI=1S/C30H37N5O.C4H10/c1-21(18-28-22(2)32-15-12-27(28)26-10-11-29(31-3)33-19-26)20-35-16-13-24(14-17-35)23-6-8-25(9-7-23)30(36)34(4)5;1-4(2)3/h6-12,15,18-19,24H,13-14,16-17,20H2,1-5H3,(H,31,33);4H,1-3H3/b21-18+;. The molecule has 6 heteroatoms. The third-order valence-electron chi connectivity index (χ3n) is 7.01. The fourth-order valence-corrected chi connectivity index (χ4v) is 4.94. The van der Waals surface area contributed by atoms with Gasteiger partial charge >= 0.3 is 0 Å². The van der Waals surface area contributed by atoms with Crippen molar-refractivity contribution < 1.29 is 4.79 Å². The zero-order valence-electron chi connectivity index (χ0n) is 25.7. The zero-order valence-corrected chi connectivity index (χ0v) is 25.7. The van der Waals surface area contributed by atoms with Gasteiger partial charge in [0.05, 0.1) is 0 Å². The molecule has 6 nitrogen and oxygen atoms in total. The van der Waals surface area contributed by atoms with E-state index in [-0.39, 0.29) is 5.91 Å². The normalized spacial score (nSPS) is 14.5. The molecule has 0 radical (unpaired) electrons. The third-order valence-corrected chi connectivity index (χ3v) is 7.01. The molecule has 0 bridgehead atoms. The van der Waals surface area contributed by atoms with Gasteiger partial charge in [-0.15, -0.1) is 0 Å². The van der Waals surface area contributed by atoms with Crippen molar-refractivity contribution in [1.82, 2.24) is 19.8 Å². The van der Waals surface area contributed by atoms with Crippen molar-refractivity contribution in [3.05, 3.63) is 82.8 Å². The van der Waals surface area contributed by atoms with Crippen LogP contribution in [-0.2, 0) is 0 Å². The largest absolute Gasteiger partial charge is 0.373 e. The second-order valence-corrected chi connectivity index (χ2v) is 11.6. The number of likely N-dealkylation sites (tertiary alicyclic amines) is 1. The number of aromatic nitrogens is 2. The number of piperidine rings is 1. The number of pyridine rings is 2. The quantitative estimate of drug-likeness (QED) is 0.344. The summed E-state index contributed by atoms with van der Waals surface area (Å²) in [6, 6.07) is 14.4. The summed E-state index contributed by atoms with van der Waals surface area (Å²) in [6.45, 7) is 13.9. The van der Waals surface area contributed by atoms with Crippen molar-refractivity contribution in [3.63, 3.8) is 0 Å². The minimum absolute atomic E-state index is 0.0527. The molecule has 1 amide bonds. The predicted octanol–water partition coefficient (Wildman–Crippen LogP) is 7.14. The molecular weight excluding hydrogens is 494 g/mol. The molecule has 1 N–H and O–H groups in total. The van der Waals surface area contributed by atoms with Crippen molar-refractivity contribution in [2.45, 2.75) is 53.4 Å². The van der Waals surface area contributed by atoms with Gasteiger partial charge in [-0.3, -0.25) is 14.7 Å². The Morgan fingerprint density at radius 3 is 2.25 bits per heavy atom. The maximum atomic E-state index is 12.2. The first-order valence-corrected chi connectivity index (χ1v) is 14.4. The highest BCUT2D eigenvalue weighted by Gasteiger charge is 2.21. The number of carbonyl (C=O) groups excluding carboxylic acids is 1. The third kappa shape index (κ3) is 8.75. The first-order valence-electron chi connectivity index (χ1n) is 14.4. The Hall–Kier alpha value is -3.51. The Kier molecular flexibility index (Phi) is 11.4. The highest BCUT2D eigenvalue weighted by Crippen LogP contribution is 2.30. The monoisotopic (exact) mass is 541 g/mol. The summed E-state index contributed by atoms with van der Waals surface area (Å²) < 4.78 is 0. The Labute approximate surface area is 241 Å². The summed E-state index contributed by atoms with van der Waals surface area (Å²) >= 11 is 0. The van der Waals surface area contributed by atoms with Crippen molar-refractivity contribution in [2.75, 3.05) is 46.1 Å². The van der Waals surface area contributed by atoms with Crippen LogP contribution in [0.3, 0.4) is 0 Å². The van der Waals surface area contributed by atoms with Crippen LogP contribution in [0.1, 0.15) is 73.6 Å². The molecule has 3 aromatic rings. The van der Waals surface area contributed by atoms with E-state index in [4.69, 9.17) is 0 Å².